The summed E-state index contributed by atoms with van der Waals surface area (Å²) in [4.78, 5) is 2.30. The van der Waals surface area contributed by atoms with E-state index in [2.05, 4.69) is 30.0 Å². The van der Waals surface area contributed by atoms with E-state index in [1.807, 2.05) is 18.2 Å². The first-order chi connectivity index (χ1) is 7.79. The minimum absolute atomic E-state index is 0.278. The predicted molar refractivity (Wildman–Crippen MR) is 61.7 cm³/mol. The van der Waals surface area contributed by atoms with Crippen LogP contribution in [0.15, 0.2) is 30.3 Å². The molecule has 1 aromatic carbocycles. The van der Waals surface area contributed by atoms with Crippen molar-refractivity contribution in [3.8, 4) is 6.07 Å². The van der Waals surface area contributed by atoms with E-state index >= 15 is 0 Å². The monoisotopic (exact) mass is 216 g/mol. The molecule has 0 spiro atoms. The average molecular weight is 216 g/mol. The summed E-state index contributed by atoms with van der Waals surface area (Å²) in [6.07, 6.45) is -0.278. The highest BCUT2D eigenvalue weighted by Crippen LogP contribution is 2.14. The van der Waals surface area contributed by atoms with Gasteiger partial charge in [0.15, 0.2) is 6.10 Å². The van der Waals surface area contributed by atoms with Crippen LogP contribution < -0.4 is 0 Å². The summed E-state index contributed by atoms with van der Waals surface area (Å²) in [7, 11) is 0. The van der Waals surface area contributed by atoms with E-state index in [0.717, 1.165) is 6.54 Å². The largest absolute Gasteiger partial charge is 0.360 e. The van der Waals surface area contributed by atoms with Crippen LogP contribution in [0.25, 0.3) is 0 Å². The Balaban J connectivity index is 2.00. The zero-order valence-corrected chi connectivity index (χ0v) is 9.47. The van der Waals surface area contributed by atoms with Gasteiger partial charge in [0.05, 0.1) is 12.7 Å². The lowest BCUT2D eigenvalue weighted by Gasteiger charge is -2.35. The Kier molecular flexibility index (Phi) is 3.55. The van der Waals surface area contributed by atoms with Crippen molar-refractivity contribution in [3.63, 3.8) is 0 Å². The molecule has 1 aliphatic heterocycles. The highest BCUT2D eigenvalue weighted by Gasteiger charge is 2.25. The molecule has 84 valence electrons. The van der Waals surface area contributed by atoms with Crippen molar-refractivity contribution in [3.05, 3.63) is 35.9 Å². The van der Waals surface area contributed by atoms with E-state index in [1.165, 1.54) is 5.56 Å². The molecule has 0 aromatic heterocycles. The van der Waals surface area contributed by atoms with Crippen LogP contribution in [0.5, 0.6) is 0 Å². The molecule has 0 amide bonds. The van der Waals surface area contributed by atoms with E-state index in [9.17, 15) is 0 Å². The molecule has 0 saturated carbocycles. The van der Waals surface area contributed by atoms with Gasteiger partial charge in [-0.2, -0.15) is 5.26 Å². The van der Waals surface area contributed by atoms with Crippen molar-refractivity contribution < 1.29 is 4.74 Å². The second-order valence-corrected chi connectivity index (χ2v) is 4.22. The fourth-order valence-corrected chi connectivity index (χ4v) is 1.92. The highest BCUT2D eigenvalue weighted by atomic mass is 16.5. The maximum Gasteiger partial charge on any atom is 0.156 e. The second kappa shape index (κ2) is 5.11. The molecule has 0 unspecified atom stereocenters. The first-order valence-electron chi connectivity index (χ1n) is 5.59. The number of nitrogens with zero attached hydrogens (tertiary/aromatic N) is 2. The van der Waals surface area contributed by atoms with Crippen LogP contribution in [-0.2, 0) is 11.3 Å². The zero-order chi connectivity index (χ0) is 11.4. The van der Waals surface area contributed by atoms with Gasteiger partial charge in [0, 0.05) is 19.1 Å². The van der Waals surface area contributed by atoms with Gasteiger partial charge in [0.2, 0.25) is 0 Å². The van der Waals surface area contributed by atoms with E-state index < -0.39 is 0 Å². The molecule has 1 aromatic rings. The van der Waals surface area contributed by atoms with E-state index in [-0.39, 0.29) is 6.10 Å². The molecule has 1 saturated heterocycles. The standard InChI is InChI=1S/C13H16N2O/c1-11-10-16-13(7-14)9-15(11)8-12-5-3-2-4-6-12/h2-6,11,13H,8-10H2,1H3/t11-,13-/m1/s1. The molecule has 1 aliphatic rings. The third-order valence-corrected chi connectivity index (χ3v) is 2.93. The Morgan fingerprint density at radius 1 is 1.44 bits per heavy atom. The topological polar surface area (TPSA) is 36.3 Å². The lowest BCUT2D eigenvalue weighted by atomic mass is 10.1. The van der Waals surface area contributed by atoms with Crippen molar-refractivity contribution in [2.75, 3.05) is 13.2 Å². The Morgan fingerprint density at radius 3 is 2.88 bits per heavy atom. The van der Waals surface area contributed by atoms with Crippen LogP contribution in [0.4, 0.5) is 0 Å². The van der Waals surface area contributed by atoms with Gasteiger partial charge in [0.25, 0.3) is 0 Å². The van der Waals surface area contributed by atoms with Crippen LogP contribution in [0.2, 0.25) is 0 Å². The number of benzene rings is 1. The summed E-state index contributed by atoms with van der Waals surface area (Å²) in [5.41, 5.74) is 1.29. The summed E-state index contributed by atoms with van der Waals surface area (Å²) in [5.74, 6) is 0. The first kappa shape index (κ1) is 11.1. The number of hydrogen-bond donors (Lipinski definition) is 0. The third kappa shape index (κ3) is 2.60. The molecule has 0 aliphatic carbocycles. The highest BCUT2D eigenvalue weighted by molar-refractivity contribution is 5.14. The maximum atomic E-state index is 8.86. The SMILES string of the molecule is C[C@@H]1CO[C@H](C#N)CN1Cc1ccccc1. The second-order valence-electron chi connectivity index (χ2n) is 4.22. The number of nitriles is 1. The van der Waals surface area contributed by atoms with Crippen LogP contribution in [0.3, 0.4) is 0 Å². The Hall–Kier alpha value is -1.37. The van der Waals surface area contributed by atoms with Crippen molar-refractivity contribution in [2.45, 2.75) is 25.6 Å². The predicted octanol–water partition coefficient (Wildman–Crippen LogP) is 1.80. The van der Waals surface area contributed by atoms with Crippen LogP contribution in [0.1, 0.15) is 12.5 Å². The molecule has 1 heterocycles. The van der Waals surface area contributed by atoms with Crippen LogP contribution >= 0.6 is 0 Å². The number of hydrogen-bond acceptors (Lipinski definition) is 3. The molecule has 0 N–H and O–H groups in total. The van der Waals surface area contributed by atoms with Gasteiger partial charge in [0.1, 0.15) is 0 Å². The van der Waals surface area contributed by atoms with Crippen molar-refractivity contribution >= 4 is 0 Å². The van der Waals surface area contributed by atoms with Gasteiger partial charge < -0.3 is 4.74 Å². The summed E-state index contributed by atoms with van der Waals surface area (Å²) in [6.45, 7) is 4.37. The number of morpholine rings is 1. The normalized spacial score (nSPS) is 26.2. The molecular weight excluding hydrogens is 200 g/mol. The molecule has 3 nitrogen and oxygen atoms in total. The molecule has 0 bridgehead atoms. The van der Waals surface area contributed by atoms with Crippen molar-refractivity contribution in [2.24, 2.45) is 0 Å². The molecular formula is C13H16N2O. The third-order valence-electron chi connectivity index (χ3n) is 2.93. The van der Waals surface area contributed by atoms with Gasteiger partial charge in [-0.3, -0.25) is 4.90 Å². The summed E-state index contributed by atoms with van der Waals surface area (Å²) in [5, 5.41) is 8.86. The van der Waals surface area contributed by atoms with Crippen LogP contribution in [0, 0.1) is 11.3 Å². The number of rotatable bonds is 2. The Bertz CT molecular complexity index is 371. The fourth-order valence-electron chi connectivity index (χ4n) is 1.92. The summed E-state index contributed by atoms with van der Waals surface area (Å²) in [6, 6.07) is 12.9. The van der Waals surface area contributed by atoms with Gasteiger partial charge in [-0.1, -0.05) is 30.3 Å². The Labute approximate surface area is 96.2 Å². The minimum Gasteiger partial charge on any atom is -0.360 e. The fraction of sp³-hybridized carbons (Fsp3) is 0.462. The minimum atomic E-state index is -0.278. The van der Waals surface area contributed by atoms with E-state index in [1.54, 1.807) is 0 Å². The van der Waals surface area contributed by atoms with Gasteiger partial charge in [-0.05, 0) is 12.5 Å². The quantitative estimate of drug-likeness (QED) is 0.756. The van der Waals surface area contributed by atoms with E-state index in [4.69, 9.17) is 10.00 Å². The summed E-state index contributed by atoms with van der Waals surface area (Å²) >= 11 is 0. The van der Waals surface area contributed by atoms with Crippen molar-refractivity contribution in [1.82, 2.24) is 4.90 Å². The average Bonchev–Trinajstić information content (AvgIpc) is 2.33. The van der Waals surface area contributed by atoms with E-state index in [0.29, 0.717) is 19.2 Å². The lowest BCUT2D eigenvalue weighted by molar-refractivity contribution is -0.0365. The lowest BCUT2D eigenvalue weighted by Crippen LogP contribution is -2.47. The molecule has 2 atom stereocenters. The first-order valence-corrected chi connectivity index (χ1v) is 5.59. The van der Waals surface area contributed by atoms with Crippen molar-refractivity contribution in [1.29, 1.82) is 5.26 Å². The molecule has 3 heteroatoms. The molecule has 16 heavy (non-hydrogen) atoms. The molecule has 2 rings (SSSR count). The summed E-state index contributed by atoms with van der Waals surface area (Å²) < 4.78 is 5.40. The number of ether oxygens (including phenoxy) is 1. The van der Waals surface area contributed by atoms with Gasteiger partial charge in [-0.15, -0.1) is 0 Å². The molecule has 0 radical (unpaired) electrons. The Morgan fingerprint density at radius 2 is 2.19 bits per heavy atom. The molecule has 1 fully saturated rings. The van der Waals surface area contributed by atoms with Crippen LogP contribution in [-0.4, -0.2) is 30.2 Å². The maximum absolute atomic E-state index is 8.86. The van der Waals surface area contributed by atoms with Gasteiger partial charge >= 0.3 is 0 Å². The zero-order valence-electron chi connectivity index (χ0n) is 9.47. The smallest absolute Gasteiger partial charge is 0.156 e. The van der Waals surface area contributed by atoms with Gasteiger partial charge in [-0.25, -0.2) is 0 Å².